The topological polar surface area (TPSA) is 34.1 Å². The minimum atomic E-state index is -0.0247. The predicted molar refractivity (Wildman–Crippen MR) is 86.3 cm³/mol. The first-order valence-corrected chi connectivity index (χ1v) is 9.41. The Bertz CT molecular complexity index is 524. The van der Waals surface area contributed by atoms with Gasteiger partial charge in [0, 0.05) is 24.7 Å². The third-order valence-corrected chi connectivity index (χ3v) is 8.55. The maximum atomic E-state index is 12.5. The lowest BCUT2D eigenvalue weighted by molar-refractivity contribution is -0.152. The maximum Gasteiger partial charge on any atom is 0.139 e. The van der Waals surface area contributed by atoms with Crippen LogP contribution >= 0.6 is 0 Å². The summed E-state index contributed by atoms with van der Waals surface area (Å²) in [5.41, 5.74) is 0.334. The molecule has 4 fully saturated rings. The van der Waals surface area contributed by atoms with Gasteiger partial charge in [-0.1, -0.05) is 20.8 Å². The fraction of sp³-hybridized carbons (Fsp3) is 0.900. The number of hydrogen-bond acceptors (Lipinski definition) is 2. The van der Waals surface area contributed by atoms with Crippen LogP contribution in [0.25, 0.3) is 0 Å². The zero-order valence-corrected chi connectivity index (χ0v) is 14.4. The largest absolute Gasteiger partial charge is 0.300 e. The van der Waals surface area contributed by atoms with Crippen LogP contribution in [-0.4, -0.2) is 11.6 Å². The third-order valence-electron chi connectivity index (χ3n) is 8.55. The van der Waals surface area contributed by atoms with Gasteiger partial charge in [-0.2, -0.15) is 0 Å². The fourth-order valence-corrected chi connectivity index (χ4v) is 7.20. The number of hydrogen-bond donors (Lipinski definition) is 0. The van der Waals surface area contributed by atoms with Gasteiger partial charge in [-0.25, -0.2) is 0 Å². The molecule has 0 N–H and O–H groups in total. The van der Waals surface area contributed by atoms with Crippen LogP contribution in [0.5, 0.6) is 0 Å². The minimum Gasteiger partial charge on any atom is -0.300 e. The molecule has 0 heterocycles. The van der Waals surface area contributed by atoms with Gasteiger partial charge in [0.1, 0.15) is 11.6 Å². The Kier molecular flexibility index (Phi) is 3.17. The van der Waals surface area contributed by atoms with Crippen molar-refractivity contribution in [1.29, 1.82) is 0 Å². The van der Waals surface area contributed by atoms with E-state index in [0.717, 1.165) is 50.4 Å². The Balaban J connectivity index is 1.70. The molecule has 0 bridgehead atoms. The molecule has 2 nitrogen and oxygen atoms in total. The van der Waals surface area contributed by atoms with Crippen molar-refractivity contribution in [3.05, 3.63) is 0 Å². The standard InChI is InChI=1S/C20H30O2/c1-12-10-13-11-14(21)6-8-19(13,2)16-7-9-20(3)15(18(12)16)4-5-17(20)22/h12-13,15-16,18H,4-11H2,1-3H3/t12?,13-,15-,16-,18-,19-,20-/m0/s1. The van der Waals surface area contributed by atoms with Crippen LogP contribution in [0.3, 0.4) is 0 Å². The van der Waals surface area contributed by atoms with Crippen molar-refractivity contribution in [1.82, 2.24) is 0 Å². The highest BCUT2D eigenvalue weighted by Gasteiger charge is 2.61. The summed E-state index contributed by atoms with van der Waals surface area (Å²) in [6.45, 7) is 7.15. The molecule has 1 unspecified atom stereocenters. The average Bonchev–Trinajstić information content (AvgIpc) is 2.77. The lowest BCUT2D eigenvalue weighted by Gasteiger charge is -2.61. The van der Waals surface area contributed by atoms with E-state index in [2.05, 4.69) is 20.8 Å². The minimum absolute atomic E-state index is 0.0247. The SMILES string of the molecule is CC1C[C@H]2CC(=O)CC[C@]2(C)[C@H]2CC[C@]3(C)C(=O)CC[C@H]3[C@H]12. The molecule has 22 heavy (non-hydrogen) atoms. The van der Waals surface area contributed by atoms with E-state index in [1.165, 1.54) is 12.8 Å². The molecule has 4 saturated carbocycles. The summed E-state index contributed by atoms with van der Waals surface area (Å²) in [7, 11) is 0. The summed E-state index contributed by atoms with van der Waals surface area (Å²) in [6, 6.07) is 0. The van der Waals surface area contributed by atoms with Crippen LogP contribution in [0.4, 0.5) is 0 Å². The molecule has 2 heteroatoms. The van der Waals surface area contributed by atoms with Crippen molar-refractivity contribution in [3.63, 3.8) is 0 Å². The highest BCUT2D eigenvalue weighted by molar-refractivity contribution is 5.87. The van der Waals surface area contributed by atoms with Crippen LogP contribution in [0.1, 0.15) is 72.1 Å². The van der Waals surface area contributed by atoms with E-state index >= 15 is 0 Å². The van der Waals surface area contributed by atoms with Crippen molar-refractivity contribution in [2.75, 3.05) is 0 Å². The summed E-state index contributed by atoms with van der Waals surface area (Å²) < 4.78 is 0. The lowest BCUT2D eigenvalue weighted by atomic mass is 9.43. The second kappa shape index (κ2) is 4.68. The van der Waals surface area contributed by atoms with Crippen molar-refractivity contribution >= 4 is 11.6 Å². The smallest absolute Gasteiger partial charge is 0.139 e. The molecule has 0 spiro atoms. The molecule has 0 amide bonds. The first-order chi connectivity index (χ1) is 10.4. The molecule has 0 aromatic heterocycles. The van der Waals surface area contributed by atoms with Crippen molar-refractivity contribution < 1.29 is 9.59 Å². The third kappa shape index (κ3) is 1.79. The molecule has 0 saturated heterocycles. The van der Waals surface area contributed by atoms with Crippen LogP contribution in [-0.2, 0) is 9.59 Å². The Morgan fingerprint density at radius 3 is 2.55 bits per heavy atom. The van der Waals surface area contributed by atoms with Crippen LogP contribution in [0, 0.1) is 40.4 Å². The van der Waals surface area contributed by atoms with Gasteiger partial charge in [-0.15, -0.1) is 0 Å². The number of carbonyl (C=O) groups excluding carboxylic acids is 2. The normalized spacial score (nSPS) is 54.6. The molecule has 4 rings (SSSR count). The number of carbonyl (C=O) groups is 2. The maximum absolute atomic E-state index is 12.5. The summed E-state index contributed by atoms with van der Waals surface area (Å²) >= 11 is 0. The highest BCUT2D eigenvalue weighted by Crippen LogP contribution is 2.66. The number of rotatable bonds is 0. The van der Waals surface area contributed by atoms with Gasteiger partial charge in [-0.3, -0.25) is 9.59 Å². The predicted octanol–water partition coefficient (Wildman–Crippen LogP) is 4.41. The summed E-state index contributed by atoms with van der Waals surface area (Å²) in [5, 5.41) is 0. The highest BCUT2D eigenvalue weighted by atomic mass is 16.1. The first-order valence-electron chi connectivity index (χ1n) is 9.41. The molecule has 4 aliphatic rings. The van der Waals surface area contributed by atoms with Crippen molar-refractivity contribution in [2.24, 2.45) is 40.4 Å². The second-order valence-electron chi connectivity index (χ2n) is 9.37. The zero-order chi connectivity index (χ0) is 15.7. The zero-order valence-electron chi connectivity index (χ0n) is 14.4. The first kappa shape index (κ1) is 14.9. The van der Waals surface area contributed by atoms with Gasteiger partial charge in [0.2, 0.25) is 0 Å². The summed E-state index contributed by atoms with van der Waals surface area (Å²) in [5.74, 6) is 4.40. The monoisotopic (exact) mass is 302 g/mol. The van der Waals surface area contributed by atoms with Gasteiger partial charge < -0.3 is 0 Å². The molecule has 0 aromatic carbocycles. The van der Waals surface area contributed by atoms with Crippen LogP contribution < -0.4 is 0 Å². The average molecular weight is 302 g/mol. The molecule has 4 aliphatic carbocycles. The van der Waals surface area contributed by atoms with Gasteiger partial charge in [-0.05, 0) is 67.1 Å². The van der Waals surface area contributed by atoms with E-state index in [9.17, 15) is 9.59 Å². The Hall–Kier alpha value is -0.660. The van der Waals surface area contributed by atoms with Crippen LogP contribution in [0.15, 0.2) is 0 Å². The molecule has 0 radical (unpaired) electrons. The van der Waals surface area contributed by atoms with E-state index in [4.69, 9.17) is 0 Å². The summed E-state index contributed by atoms with van der Waals surface area (Å²) in [6.07, 6.45) is 8.19. The van der Waals surface area contributed by atoms with Gasteiger partial charge in [0.05, 0.1) is 0 Å². The fourth-order valence-electron chi connectivity index (χ4n) is 7.20. The van der Waals surface area contributed by atoms with Crippen molar-refractivity contribution in [2.45, 2.75) is 72.1 Å². The van der Waals surface area contributed by atoms with E-state index in [0.29, 0.717) is 34.7 Å². The molecular formula is C20H30O2. The van der Waals surface area contributed by atoms with Crippen molar-refractivity contribution in [3.8, 4) is 0 Å². The second-order valence-corrected chi connectivity index (χ2v) is 9.37. The number of Topliss-reactive ketones (excluding diaryl/α,β-unsaturated/α-hetero) is 2. The molecule has 122 valence electrons. The number of fused-ring (bicyclic) bond motifs is 5. The Morgan fingerprint density at radius 2 is 1.77 bits per heavy atom. The Labute approximate surface area is 134 Å². The molecular weight excluding hydrogens is 272 g/mol. The quantitative estimate of drug-likeness (QED) is 0.664. The lowest BCUT2D eigenvalue weighted by Crippen LogP contribution is -2.56. The van der Waals surface area contributed by atoms with Gasteiger partial charge in [0.25, 0.3) is 0 Å². The summed E-state index contributed by atoms with van der Waals surface area (Å²) in [4.78, 5) is 24.4. The molecule has 0 aliphatic heterocycles. The number of ketones is 2. The van der Waals surface area contributed by atoms with Gasteiger partial charge in [0.15, 0.2) is 0 Å². The molecule has 0 aromatic rings. The van der Waals surface area contributed by atoms with E-state index in [-0.39, 0.29) is 5.41 Å². The Morgan fingerprint density at radius 1 is 1.00 bits per heavy atom. The van der Waals surface area contributed by atoms with Gasteiger partial charge >= 0.3 is 0 Å². The van der Waals surface area contributed by atoms with E-state index < -0.39 is 0 Å². The van der Waals surface area contributed by atoms with E-state index in [1.807, 2.05) is 0 Å². The molecule has 7 atom stereocenters. The van der Waals surface area contributed by atoms with Crippen LogP contribution in [0.2, 0.25) is 0 Å². The van der Waals surface area contributed by atoms with E-state index in [1.54, 1.807) is 0 Å².